The zero-order chi connectivity index (χ0) is 13.4. The first-order valence-electron chi connectivity index (χ1n) is 5.79. The van der Waals surface area contributed by atoms with E-state index in [0.717, 1.165) is 0 Å². The zero-order valence-corrected chi connectivity index (χ0v) is 10.8. The van der Waals surface area contributed by atoms with Crippen LogP contribution >= 0.6 is 0 Å². The molecule has 0 bridgehead atoms. The van der Waals surface area contributed by atoms with Crippen LogP contribution < -0.4 is 0 Å². The van der Waals surface area contributed by atoms with Gasteiger partial charge < -0.3 is 9.47 Å². The lowest BCUT2D eigenvalue weighted by Crippen LogP contribution is -2.29. The highest BCUT2D eigenvalue weighted by molar-refractivity contribution is 6.00. The van der Waals surface area contributed by atoms with Crippen LogP contribution in [0.3, 0.4) is 0 Å². The second-order valence-corrected chi connectivity index (χ2v) is 3.79. The van der Waals surface area contributed by atoms with Crippen molar-refractivity contribution in [2.24, 2.45) is 11.8 Å². The Bertz CT molecular complexity index is 285. The molecule has 0 aromatic carbocycles. The van der Waals surface area contributed by atoms with Crippen molar-refractivity contribution >= 4 is 17.7 Å². The summed E-state index contributed by atoms with van der Waals surface area (Å²) in [6, 6.07) is 0. The normalized spacial score (nSPS) is 13.6. The van der Waals surface area contributed by atoms with Crippen LogP contribution in [0.15, 0.2) is 0 Å². The predicted molar refractivity (Wildman–Crippen MR) is 61.2 cm³/mol. The number of hydrogen-bond donors (Lipinski definition) is 0. The van der Waals surface area contributed by atoms with Crippen LogP contribution in [0.2, 0.25) is 0 Å². The van der Waals surface area contributed by atoms with E-state index in [1.165, 1.54) is 6.92 Å². The Hall–Kier alpha value is -1.39. The molecule has 0 spiro atoms. The third-order valence-electron chi connectivity index (χ3n) is 2.33. The molecule has 0 amide bonds. The molecule has 0 aliphatic heterocycles. The second kappa shape index (κ2) is 7.81. The summed E-state index contributed by atoms with van der Waals surface area (Å²) in [5.41, 5.74) is 0. The molecule has 5 nitrogen and oxygen atoms in total. The highest BCUT2D eigenvalue weighted by Crippen LogP contribution is 2.13. The average molecular weight is 244 g/mol. The summed E-state index contributed by atoms with van der Waals surface area (Å²) in [5.74, 6) is -2.64. The number of esters is 2. The Morgan fingerprint density at radius 2 is 1.53 bits per heavy atom. The third kappa shape index (κ3) is 5.47. The van der Waals surface area contributed by atoms with Gasteiger partial charge in [-0.1, -0.05) is 6.92 Å². The first-order chi connectivity index (χ1) is 7.93. The van der Waals surface area contributed by atoms with Crippen molar-refractivity contribution in [2.75, 3.05) is 13.2 Å². The molecule has 0 aromatic heterocycles. The second-order valence-electron chi connectivity index (χ2n) is 3.79. The summed E-state index contributed by atoms with van der Waals surface area (Å²) in [4.78, 5) is 34.3. The van der Waals surface area contributed by atoms with E-state index in [4.69, 9.17) is 9.47 Å². The lowest BCUT2D eigenvalue weighted by atomic mass is 9.93. The Morgan fingerprint density at radius 3 is 2.00 bits per heavy atom. The molecule has 0 fully saturated rings. The van der Waals surface area contributed by atoms with E-state index in [2.05, 4.69) is 0 Å². The van der Waals surface area contributed by atoms with Gasteiger partial charge in [0.2, 0.25) is 0 Å². The fourth-order valence-corrected chi connectivity index (χ4v) is 1.38. The summed E-state index contributed by atoms with van der Waals surface area (Å²) >= 11 is 0. The molecule has 0 aromatic rings. The third-order valence-corrected chi connectivity index (χ3v) is 2.33. The molecule has 0 saturated heterocycles. The number of rotatable bonds is 7. The molecule has 0 N–H and O–H groups in total. The quantitative estimate of drug-likeness (QED) is 0.499. The van der Waals surface area contributed by atoms with Gasteiger partial charge in [-0.25, -0.2) is 0 Å². The summed E-state index contributed by atoms with van der Waals surface area (Å²) < 4.78 is 9.49. The molecule has 98 valence electrons. The van der Waals surface area contributed by atoms with Crippen LogP contribution in [-0.4, -0.2) is 30.9 Å². The standard InChI is InChI=1S/C12H20O5/c1-5-16-10(13)7-8(3)11(14)9(4)12(15)17-6-2/h8-9H,5-7H2,1-4H3/t8-,9-/m0/s1. The number of Topliss-reactive ketones (excluding diaryl/α,β-unsaturated/α-hetero) is 1. The summed E-state index contributed by atoms with van der Waals surface area (Å²) in [6.07, 6.45) is -0.00355. The maximum absolute atomic E-state index is 11.8. The minimum atomic E-state index is -0.834. The fourth-order valence-electron chi connectivity index (χ4n) is 1.38. The van der Waals surface area contributed by atoms with Crippen LogP contribution in [0, 0.1) is 11.8 Å². The van der Waals surface area contributed by atoms with Crippen LogP contribution in [-0.2, 0) is 23.9 Å². The molecule has 5 heteroatoms. The molecule has 0 saturated carbocycles. The average Bonchev–Trinajstić information content (AvgIpc) is 2.27. The van der Waals surface area contributed by atoms with E-state index in [-0.39, 0.29) is 25.4 Å². The van der Waals surface area contributed by atoms with Crippen LogP contribution in [0.25, 0.3) is 0 Å². The zero-order valence-electron chi connectivity index (χ0n) is 10.8. The van der Waals surface area contributed by atoms with Crippen molar-refractivity contribution in [1.82, 2.24) is 0 Å². The maximum atomic E-state index is 11.8. The molecule has 17 heavy (non-hydrogen) atoms. The number of ether oxygens (including phenoxy) is 2. The molecule has 0 aliphatic rings. The summed E-state index contributed by atoms with van der Waals surface area (Å²) in [7, 11) is 0. The Labute approximate surface area is 101 Å². The Balaban J connectivity index is 4.29. The molecule has 2 atom stereocenters. The van der Waals surface area contributed by atoms with Crippen molar-refractivity contribution in [2.45, 2.75) is 34.1 Å². The summed E-state index contributed by atoms with van der Waals surface area (Å²) in [5, 5.41) is 0. The first kappa shape index (κ1) is 15.6. The minimum absolute atomic E-state index is 0.00355. The van der Waals surface area contributed by atoms with Crippen molar-refractivity contribution < 1.29 is 23.9 Å². The lowest BCUT2D eigenvalue weighted by Gasteiger charge is -2.14. The van der Waals surface area contributed by atoms with Crippen molar-refractivity contribution in [1.29, 1.82) is 0 Å². The topological polar surface area (TPSA) is 69.7 Å². The number of hydrogen-bond acceptors (Lipinski definition) is 5. The van der Waals surface area contributed by atoms with E-state index in [0.29, 0.717) is 0 Å². The van der Waals surface area contributed by atoms with Gasteiger partial charge in [-0.15, -0.1) is 0 Å². The van der Waals surface area contributed by atoms with E-state index >= 15 is 0 Å². The molecule has 0 unspecified atom stereocenters. The number of carbonyl (C=O) groups excluding carboxylic acids is 3. The van der Waals surface area contributed by atoms with Crippen molar-refractivity contribution in [3.8, 4) is 0 Å². The Morgan fingerprint density at radius 1 is 1.00 bits per heavy atom. The van der Waals surface area contributed by atoms with E-state index in [1.807, 2.05) is 0 Å². The monoisotopic (exact) mass is 244 g/mol. The fraction of sp³-hybridized carbons (Fsp3) is 0.750. The van der Waals surface area contributed by atoms with Gasteiger partial charge in [-0.3, -0.25) is 14.4 Å². The molecule has 0 radical (unpaired) electrons. The number of ketones is 1. The van der Waals surface area contributed by atoms with Gasteiger partial charge >= 0.3 is 11.9 Å². The maximum Gasteiger partial charge on any atom is 0.316 e. The van der Waals surface area contributed by atoms with Crippen LogP contribution in [0.1, 0.15) is 34.1 Å². The van der Waals surface area contributed by atoms with E-state index < -0.39 is 23.8 Å². The van der Waals surface area contributed by atoms with Gasteiger partial charge in [0, 0.05) is 5.92 Å². The van der Waals surface area contributed by atoms with Gasteiger partial charge in [-0.05, 0) is 20.8 Å². The lowest BCUT2D eigenvalue weighted by molar-refractivity contribution is -0.154. The van der Waals surface area contributed by atoms with Gasteiger partial charge in [0.25, 0.3) is 0 Å². The molecule has 0 heterocycles. The molecular formula is C12H20O5. The largest absolute Gasteiger partial charge is 0.466 e. The highest BCUT2D eigenvalue weighted by atomic mass is 16.5. The smallest absolute Gasteiger partial charge is 0.316 e. The number of carbonyl (C=O) groups is 3. The molecular weight excluding hydrogens is 224 g/mol. The van der Waals surface area contributed by atoms with Gasteiger partial charge in [0.05, 0.1) is 19.6 Å². The van der Waals surface area contributed by atoms with Crippen molar-refractivity contribution in [3.05, 3.63) is 0 Å². The first-order valence-corrected chi connectivity index (χ1v) is 5.79. The van der Waals surface area contributed by atoms with Crippen molar-refractivity contribution in [3.63, 3.8) is 0 Å². The molecule has 0 aliphatic carbocycles. The van der Waals surface area contributed by atoms with E-state index in [9.17, 15) is 14.4 Å². The minimum Gasteiger partial charge on any atom is -0.466 e. The SMILES string of the molecule is CCOC(=O)C[C@H](C)C(=O)[C@H](C)C(=O)OCC. The van der Waals surface area contributed by atoms with Gasteiger partial charge in [0.1, 0.15) is 11.7 Å². The van der Waals surface area contributed by atoms with Crippen LogP contribution in [0.5, 0.6) is 0 Å². The van der Waals surface area contributed by atoms with Crippen LogP contribution in [0.4, 0.5) is 0 Å². The highest BCUT2D eigenvalue weighted by Gasteiger charge is 2.28. The Kier molecular flexibility index (Phi) is 7.18. The summed E-state index contributed by atoms with van der Waals surface area (Å²) in [6.45, 7) is 7.00. The van der Waals surface area contributed by atoms with Gasteiger partial charge in [-0.2, -0.15) is 0 Å². The predicted octanol–water partition coefficient (Wildman–Crippen LogP) is 1.34. The van der Waals surface area contributed by atoms with Gasteiger partial charge in [0.15, 0.2) is 0 Å². The van der Waals surface area contributed by atoms with E-state index in [1.54, 1.807) is 20.8 Å². The molecule has 0 rings (SSSR count).